The Morgan fingerprint density at radius 3 is 2.24 bits per heavy atom. The number of nitrogens with one attached hydrogen (secondary N) is 2. The molecule has 0 bridgehead atoms. The van der Waals surface area contributed by atoms with Crippen LogP contribution in [0.5, 0.6) is 0 Å². The van der Waals surface area contributed by atoms with Crippen LogP contribution in [0.4, 0.5) is 4.79 Å². The van der Waals surface area contributed by atoms with Crippen LogP contribution in [0.15, 0.2) is 0 Å². The fourth-order valence-corrected chi connectivity index (χ4v) is 1.83. The Morgan fingerprint density at radius 1 is 1.24 bits per heavy atom. The Balaban J connectivity index is 4.40. The van der Waals surface area contributed by atoms with Crippen LogP contribution < -0.4 is 10.6 Å². The molecule has 0 spiro atoms. The molecule has 0 aromatic rings. The molecule has 0 radical (unpaired) electrons. The summed E-state index contributed by atoms with van der Waals surface area (Å²) in [4.78, 5) is 35.6. The number of hydrogen-bond acceptors (Lipinski definition) is 3. The lowest BCUT2D eigenvalue weighted by Gasteiger charge is -2.26. The van der Waals surface area contributed by atoms with Gasteiger partial charge in [-0.3, -0.25) is 9.59 Å². The molecule has 0 aromatic heterocycles. The Labute approximate surface area is 126 Å². The number of amides is 3. The third-order valence-electron chi connectivity index (χ3n) is 2.92. The van der Waals surface area contributed by atoms with E-state index >= 15 is 0 Å². The van der Waals surface area contributed by atoms with Gasteiger partial charge in [0, 0.05) is 19.6 Å². The van der Waals surface area contributed by atoms with E-state index in [-0.39, 0.29) is 24.3 Å². The first-order valence-corrected chi connectivity index (χ1v) is 7.05. The van der Waals surface area contributed by atoms with Crippen molar-refractivity contribution in [1.29, 1.82) is 0 Å². The number of aliphatic carboxylic acids is 1. The van der Waals surface area contributed by atoms with E-state index in [1.54, 1.807) is 7.05 Å². The van der Waals surface area contributed by atoms with E-state index in [2.05, 4.69) is 10.6 Å². The topological polar surface area (TPSA) is 98.7 Å². The first kappa shape index (κ1) is 19.2. The minimum atomic E-state index is -0.966. The molecule has 0 aliphatic heterocycles. The highest BCUT2D eigenvalue weighted by Gasteiger charge is 2.23. The van der Waals surface area contributed by atoms with E-state index in [0.717, 1.165) is 0 Å². The fraction of sp³-hybridized carbons (Fsp3) is 0.786. The Hall–Kier alpha value is -1.79. The predicted octanol–water partition coefficient (Wildman–Crippen LogP) is 1.04. The smallest absolute Gasteiger partial charge is 0.315 e. The molecule has 1 unspecified atom stereocenters. The van der Waals surface area contributed by atoms with Crippen molar-refractivity contribution in [2.75, 3.05) is 20.1 Å². The average Bonchev–Trinajstić information content (AvgIpc) is 2.31. The molecule has 0 aliphatic rings. The van der Waals surface area contributed by atoms with Crippen LogP contribution in [0, 0.1) is 5.41 Å². The molecule has 0 fully saturated rings. The zero-order valence-corrected chi connectivity index (χ0v) is 13.5. The average molecular weight is 301 g/mol. The second kappa shape index (κ2) is 8.49. The SMILES string of the molecule is CCN(C)C(=O)CNC(=O)NC(CC(=O)O)CC(C)(C)C. The summed E-state index contributed by atoms with van der Waals surface area (Å²) in [7, 11) is 1.65. The molecule has 0 rings (SSSR count). The summed E-state index contributed by atoms with van der Waals surface area (Å²) < 4.78 is 0. The molecule has 0 heterocycles. The molecule has 0 saturated heterocycles. The van der Waals surface area contributed by atoms with Crippen molar-refractivity contribution in [3.8, 4) is 0 Å². The van der Waals surface area contributed by atoms with Crippen LogP contribution in [-0.4, -0.2) is 54.1 Å². The summed E-state index contributed by atoms with van der Waals surface area (Å²) in [5.74, 6) is -1.16. The largest absolute Gasteiger partial charge is 0.481 e. The van der Waals surface area contributed by atoms with Gasteiger partial charge in [-0.1, -0.05) is 20.8 Å². The number of urea groups is 1. The molecule has 21 heavy (non-hydrogen) atoms. The number of carboxylic acid groups (broad SMARTS) is 1. The Kier molecular flexibility index (Phi) is 7.76. The van der Waals surface area contributed by atoms with Crippen LogP contribution in [0.25, 0.3) is 0 Å². The van der Waals surface area contributed by atoms with Gasteiger partial charge in [0.2, 0.25) is 5.91 Å². The minimum absolute atomic E-state index is 0.106. The maximum atomic E-state index is 11.8. The van der Waals surface area contributed by atoms with Gasteiger partial charge in [-0.25, -0.2) is 4.79 Å². The summed E-state index contributed by atoms with van der Waals surface area (Å²) >= 11 is 0. The highest BCUT2D eigenvalue weighted by atomic mass is 16.4. The monoisotopic (exact) mass is 301 g/mol. The Bertz CT molecular complexity index is 377. The number of hydrogen-bond donors (Lipinski definition) is 3. The van der Waals surface area contributed by atoms with Crippen molar-refractivity contribution < 1.29 is 19.5 Å². The van der Waals surface area contributed by atoms with Gasteiger partial charge in [-0.05, 0) is 18.8 Å². The number of rotatable bonds is 7. The summed E-state index contributed by atoms with van der Waals surface area (Å²) in [6.07, 6.45) is 0.392. The Morgan fingerprint density at radius 2 is 1.81 bits per heavy atom. The van der Waals surface area contributed by atoms with Crippen molar-refractivity contribution in [3.63, 3.8) is 0 Å². The van der Waals surface area contributed by atoms with Gasteiger partial charge in [-0.15, -0.1) is 0 Å². The van der Waals surface area contributed by atoms with Crippen molar-refractivity contribution in [1.82, 2.24) is 15.5 Å². The van der Waals surface area contributed by atoms with E-state index in [0.29, 0.717) is 13.0 Å². The lowest BCUT2D eigenvalue weighted by Crippen LogP contribution is -2.47. The van der Waals surface area contributed by atoms with Crippen molar-refractivity contribution >= 4 is 17.9 Å². The van der Waals surface area contributed by atoms with Crippen LogP contribution >= 0.6 is 0 Å². The van der Waals surface area contributed by atoms with Crippen LogP contribution in [-0.2, 0) is 9.59 Å². The van der Waals surface area contributed by atoms with Crippen LogP contribution in [0.1, 0.15) is 40.5 Å². The van der Waals surface area contributed by atoms with Crippen molar-refractivity contribution in [3.05, 3.63) is 0 Å². The third kappa shape index (κ3) is 9.70. The zero-order chi connectivity index (χ0) is 16.6. The van der Waals surface area contributed by atoms with Crippen molar-refractivity contribution in [2.45, 2.75) is 46.6 Å². The maximum Gasteiger partial charge on any atom is 0.315 e. The summed E-state index contributed by atoms with van der Waals surface area (Å²) in [5, 5.41) is 14.0. The number of carboxylic acids is 1. The van der Waals surface area contributed by atoms with E-state index in [9.17, 15) is 14.4 Å². The molecular weight excluding hydrogens is 274 g/mol. The molecule has 0 aliphatic carbocycles. The van der Waals surface area contributed by atoms with Gasteiger partial charge in [0.25, 0.3) is 0 Å². The molecule has 0 aromatic carbocycles. The van der Waals surface area contributed by atoms with E-state index in [4.69, 9.17) is 5.11 Å². The predicted molar refractivity (Wildman–Crippen MR) is 80.0 cm³/mol. The number of carbonyl (C=O) groups is 3. The zero-order valence-electron chi connectivity index (χ0n) is 13.5. The van der Waals surface area contributed by atoms with E-state index < -0.39 is 18.0 Å². The molecular formula is C14H27N3O4. The molecule has 3 N–H and O–H groups in total. The van der Waals surface area contributed by atoms with Crippen LogP contribution in [0.3, 0.4) is 0 Å². The highest BCUT2D eigenvalue weighted by molar-refractivity contribution is 5.84. The second-order valence-electron chi connectivity index (χ2n) is 6.29. The first-order chi connectivity index (χ1) is 9.55. The molecule has 7 nitrogen and oxygen atoms in total. The quantitative estimate of drug-likeness (QED) is 0.654. The summed E-state index contributed by atoms with van der Waals surface area (Å²) in [6.45, 7) is 8.22. The normalized spacial score (nSPS) is 12.4. The minimum Gasteiger partial charge on any atom is -0.481 e. The maximum absolute atomic E-state index is 11.8. The van der Waals surface area contributed by atoms with Crippen molar-refractivity contribution in [2.24, 2.45) is 5.41 Å². The molecule has 0 saturated carbocycles. The van der Waals surface area contributed by atoms with Gasteiger partial charge in [0.1, 0.15) is 0 Å². The number of nitrogens with zero attached hydrogens (tertiary/aromatic N) is 1. The van der Waals surface area contributed by atoms with Gasteiger partial charge in [0.05, 0.1) is 13.0 Å². The van der Waals surface area contributed by atoms with Gasteiger partial charge >= 0.3 is 12.0 Å². The van der Waals surface area contributed by atoms with Gasteiger partial charge in [-0.2, -0.15) is 0 Å². The lowest BCUT2D eigenvalue weighted by molar-refractivity contribution is -0.137. The third-order valence-corrected chi connectivity index (χ3v) is 2.92. The molecule has 1 atom stereocenters. The lowest BCUT2D eigenvalue weighted by atomic mass is 9.87. The standard InChI is InChI=1S/C14H27N3O4/c1-6-17(5)11(18)9-15-13(21)16-10(7-12(19)20)8-14(2,3)4/h10H,6-9H2,1-5H3,(H,19,20)(H2,15,16,21). The first-order valence-electron chi connectivity index (χ1n) is 7.05. The van der Waals surface area contributed by atoms with E-state index in [1.165, 1.54) is 4.90 Å². The molecule has 3 amide bonds. The summed E-state index contributed by atoms with van der Waals surface area (Å²) in [6, 6.07) is -0.996. The highest BCUT2D eigenvalue weighted by Crippen LogP contribution is 2.22. The number of carbonyl (C=O) groups excluding carboxylic acids is 2. The van der Waals surface area contributed by atoms with Gasteiger partial charge in [0.15, 0.2) is 0 Å². The van der Waals surface area contributed by atoms with Crippen LogP contribution in [0.2, 0.25) is 0 Å². The van der Waals surface area contributed by atoms with E-state index in [1.807, 2.05) is 27.7 Å². The second-order valence-corrected chi connectivity index (χ2v) is 6.29. The number of likely N-dealkylation sites (N-methyl/N-ethyl adjacent to an activating group) is 1. The molecule has 122 valence electrons. The summed E-state index contributed by atoms with van der Waals surface area (Å²) in [5.41, 5.74) is -0.106. The molecule has 7 heteroatoms. The fourth-order valence-electron chi connectivity index (χ4n) is 1.83. The van der Waals surface area contributed by atoms with Gasteiger partial charge < -0.3 is 20.6 Å².